The Hall–Kier alpha value is -3.17. The van der Waals surface area contributed by atoms with Crippen molar-refractivity contribution < 1.29 is 28.6 Å². The molecular weight excluding hydrogens is 468 g/mol. The molecule has 1 aliphatic heterocycles. The fraction of sp³-hybridized carbons (Fsp3) is 0.261. The second-order valence-corrected chi connectivity index (χ2v) is 8.64. The van der Waals surface area contributed by atoms with E-state index in [9.17, 15) is 14.4 Å². The maximum absolute atomic E-state index is 12.8. The third-order valence-electron chi connectivity index (χ3n) is 4.46. The average Bonchev–Trinajstić information content (AvgIpc) is 3.01. The van der Waals surface area contributed by atoms with Crippen LogP contribution < -0.4 is 19.5 Å². The monoisotopic (exact) mass is 490 g/mol. The average molecular weight is 491 g/mol. The summed E-state index contributed by atoms with van der Waals surface area (Å²) in [4.78, 5) is 38.6. The van der Waals surface area contributed by atoms with Crippen molar-refractivity contribution in [3.8, 4) is 17.2 Å². The molecule has 1 fully saturated rings. The lowest BCUT2D eigenvalue weighted by molar-refractivity contribution is -0.127. The first-order valence-corrected chi connectivity index (χ1v) is 11.1. The lowest BCUT2D eigenvalue weighted by Crippen LogP contribution is -2.36. The maximum atomic E-state index is 12.8. The van der Waals surface area contributed by atoms with Crippen LogP contribution in [0.15, 0.2) is 41.3 Å². The summed E-state index contributed by atoms with van der Waals surface area (Å²) in [6, 6.07) is 9.94. The Bertz CT molecular complexity index is 1120. The molecule has 0 spiro atoms. The molecule has 1 aliphatic rings. The fourth-order valence-corrected chi connectivity index (χ4v) is 4.10. The number of ether oxygens (including phenoxy) is 3. The third kappa shape index (κ3) is 6.00. The quantitative estimate of drug-likeness (QED) is 0.530. The number of benzene rings is 2. The lowest BCUT2D eigenvalue weighted by atomic mass is 10.2. The zero-order valence-corrected chi connectivity index (χ0v) is 20.1. The van der Waals surface area contributed by atoms with Crippen molar-refractivity contribution in [2.45, 2.75) is 20.0 Å². The standard InChI is InChI=1S/C23H23ClN2O6S/c1-13(2)32-18-7-5-14(9-19(18)31-4)10-20-22(28)26(23(29)33-20)12-21(27)25-15-6-8-17(30-3)16(24)11-15/h5-11,13H,12H2,1-4H3,(H,25,27). The molecule has 0 radical (unpaired) electrons. The summed E-state index contributed by atoms with van der Waals surface area (Å²) >= 11 is 6.83. The number of amides is 3. The lowest BCUT2D eigenvalue weighted by Gasteiger charge is -2.14. The van der Waals surface area contributed by atoms with Gasteiger partial charge in [0, 0.05) is 5.69 Å². The Morgan fingerprint density at radius 3 is 2.42 bits per heavy atom. The minimum atomic E-state index is -0.547. The molecule has 174 valence electrons. The van der Waals surface area contributed by atoms with Gasteiger partial charge in [0.1, 0.15) is 12.3 Å². The maximum Gasteiger partial charge on any atom is 0.294 e. The van der Waals surface area contributed by atoms with Gasteiger partial charge in [-0.05, 0) is 67.6 Å². The molecule has 0 bridgehead atoms. The zero-order chi connectivity index (χ0) is 24.1. The van der Waals surface area contributed by atoms with Crippen molar-refractivity contribution in [2.75, 3.05) is 26.1 Å². The van der Waals surface area contributed by atoms with Crippen LogP contribution in [0.3, 0.4) is 0 Å². The van der Waals surface area contributed by atoms with Crippen LogP contribution in [0, 0.1) is 0 Å². The number of thioether (sulfide) groups is 1. The van der Waals surface area contributed by atoms with Crippen LogP contribution in [0.2, 0.25) is 5.02 Å². The molecule has 33 heavy (non-hydrogen) atoms. The second-order valence-electron chi connectivity index (χ2n) is 7.24. The number of carbonyl (C=O) groups excluding carboxylic acids is 3. The molecule has 0 atom stereocenters. The number of imide groups is 1. The van der Waals surface area contributed by atoms with Crippen LogP contribution in [-0.2, 0) is 9.59 Å². The van der Waals surface area contributed by atoms with Gasteiger partial charge in [-0.2, -0.15) is 0 Å². The van der Waals surface area contributed by atoms with E-state index in [-0.39, 0.29) is 11.0 Å². The number of methoxy groups -OCH3 is 2. The fourth-order valence-electron chi connectivity index (χ4n) is 3.00. The van der Waals surface area contributed by atoms with Gasteiger partial charge in [-0.3, -0.25) is 19.3 Å². The summed E-state index contributed by atoms with van der Waals surface area (Å²) in [6.45, 7) is 3.39. The van der Waals surface area contributed by atoms with E-state index in [1.54, 1.807) is 36.4 Å². The van der Waals surface area contributed by atoms with E-state index in [1.165, 1.54) is 20.3 Å². The van der Waals surface area contributed by atoms with E-state index in [4.69, 9.17) is 25.8 Å². The predicted octanol–water partition coefficient (Wildman–Crippen LogP) is 4.82. The van der Waals surface area contributed by atoms with E-state index in [1.807, 2.05) is 13.8 Å². The third-order valence-corrected chi connectivity index (χ3v) is 5.66. The van der Waals surface area contributed by atoms with E-state index in [2.05, 4.69) is 5.32 Å². The summed E-state index contributed by atoms with van der Waals surface area (Å²) in [6.07, 6.45) is 1.55. The first kappa shape index (κ1) is 24.5. The Labute approximate surface area is 200 Å². The normalized spacial score (nSPS) is 14.7. The van der Waals surface area contributed by atoms with Crippen LogP contribution in [0.25, 0.3) is 6.08 Å². The zero-order valence-electron chi connectivity index (χ0n) is 18.5. The summed E-state index contributed by atoms with van der Waals surface area (Å²) in [7, 11) is 3.01. The van der Waals surface area contributed by atoms with Crippen LogP contribution in [0.4, 0.5) is 10.5 Å². The van der Waals surface area contributed by atoms with Gasteiger partial charge in [0.15, 0.2) is 11.5 Å². The van der Waals surface area contributed by atoms with Crippen LogP contribution in [0.5, 0.6) is 17.2 Å². The number of carbonyl (C=O) groups is 3. The van der Waals surface area contributed by atoms with E-state index in [0.29, 0.717) is 33.5 Å². The minimum Gasteiger partial charge on any atom is -0.495 e. The largest absolute Gasteiger partial charge is 0.495 e. The molecular formula is C23H23ClN2O6S. The van der Waals surface area contributed by atoms with E-state index < -0.39 is 23.6 Å². The van der Waals surface area contributed by atoms with Crippen molar-refractivity contribution in [2.24, 2.45) is 0 Å². The molecule has 3 rings (SSSR count). The molecule has 0 saturated carbocycles. The molecule has 2 aromatic rings. The van der Waals surface area contributed by atoms with Crippen LogP contribution in [-0.4, -0.2) is 48.8 Å². The molecule has 8 nitrogen and oxygen atoms in total. The first-order valence-electron chi connectivity index (χ1n) is 9.95. The Morgan fingerprint density at radius 2 is 1.79 bits per heavy atom. The molecule has 1 saturated heterocycles. The highest BCUT2D eigenvalue weighted by Gasteiger charge is 2.36. The highest BCUT2D eigenvalue weighted by molar-refractivity contribution is 8.18. The Morgan fingerprint density at radius 1 is 1.09 bits per heavy atom. The smallest absolute Gasteiger partial charge is 0.294 e. The Kier molecular flexibility index (Phi) is 7.88. The van der Waals surface area contributed by atoms with Gasteiger partial charge in [-0.25, -0.2) is 0 Å². The van der Waals surface area contributed by atoms with Crippen molar-refractivity contribution in [1.82, 2.24) is 4.90 Å². The highest BCUT2D eigenvalue weighted by Crippen LogP contribution is 2.35. The molecule has 0 unspecified atom stereocenters. The van der Waals surface area contributed by atoms with E-state index >= 15 is 0 Å². The predicted molar refractivity (Wildman–Crippen MR) is 128 cm³/mol. The number of anilines is 1. The van der Waals surface area contributed by atoms with Gasteiger partial charge in [-0.1, -0.05) is 17.7 Å². The van der Waals surface area contributed by atoms with Gasteiger partial charge < -0.3 is 19.5 Å². The number of halogens is 1. The number of hydrogen-bond acceptors (Lipinski definition) is 7. The van der Waals surface area contributed by atoms with Crippen molar-refractivity contribution in [1.29, 1.82) is 0 Å². The molecule has 2 aromatic carbocycles. The molecule has 10 heteroatoms. The highest BCUT2D eigenvalue weighted by atomic mass is 35.5. The summed E-state index contributed by atoms with van der Waals surface area (Å²) in [5, 5.41) is 2.42. The first-order chi connectivity index (χ1) is 15.7. The summed E-state index contributed by atoms with van der Waals surface area (Å²) in [5.41, 5.74) is 1.08. The Balaban J connectivity index is 1.70. The second kappa shape index (κ2) is 10.6. The topological polar surface area (TPSA) is 94.2 Å². The number of hydrogen-bond donors (Lipinski definition) is 1. The minimum absolute atomic E-state index is 0.0265. The van der Waals surface area contributed by atoms with Gasteiger partial charge in [-0.15, -0.1) is 0 Å². The van der Waals surface area contributed by atoms with Crippen LogP contribution in [0.1, 0.15) is 19.4 Å². The number of nitrogens with zero attached hydrogens (tertiary/aromatic N) is 1. The molecule has 1 heterocycles. The summed E-state index contributed by atoms with van der Waals surface area (Å²) in [5.74, 6) is 0.472. The van der Waals surface area contributed by atoms with Crippen molar-refractivity contribution >= 4 is 52.2 Å². The van der Waals surface area contributed by atoms with Crippen LogP contribution >= 0.6 is 23.4 Å². The van der Waals surface area contributed by atoms with E-state index in [0.717, 1.165) is 16.7 Å². The van der Waals surface area contributed by atoms with Crippen molar-refractivity contribution in [3.05, 3.63) is 51.9 Å². The number of nitrogens with one attached hydrogen (secondary N) is 1. The summed E-state index contributed by atoms with van der Waals surface area (Å²) < 4.78 is 16.1. The number of rotatable bonds is 8. The SMILES string of the molecule is COc1ccc(NC(=O)CN2C(=O)SC(=Cc3ccc(OC(C)C)c(OC)c3)C2=O)cc1Cl. The van der Waals surface area contributed by atoms with Gasteiger partial charge in [0.2, 0.25) is 5.91 Å². The molecule has 3 amide bonds. The van der Waals surface area contributed by atoms with Gasteiger partial charge in [0.05, 0.1) is 30.3 Å². The van der Waals surface area contributed by atoms with Crippen molar-refractivity contribution in [3.63, 3.8) is 0 Å². The molecule has 0 aromatic heterocycles. The molecule has 0 aliphatic carbocycles. The molecule has 1 N–H and O–H groups in total. The van der Waals surface area contributed by atoms with Gasteiger partial charge >= 0.3 is 0 Å². The van der Waals surface area contributed by atoms with Gasteiger partial charge in [0.25, 0.3) is 11.1 Å².